The largest absolute Gasteiger partial charge is 0.327 e. The summed E-state index contributed by atoms with van der Waals surface area (Å²) in [5.41, 5.74) is 5.61. The van der Waals surface area contributed by atoms with Crippen LogP contribution in [0.5, 0.6) is 0 Å². The fraction of sp³-hybridized carbons (Fsp3) is 0.500. The first kappa shape index (κ1) is 10.5. The van der Waals surface area contributed by atoms with Gasteiger partial charge in [0.1, 0.15) is 0 Å². The molecule has 0 spiro atoms. The molecule has 1 amide bonds. The molecule has 0 bridgehead atoms. The number of amides is 1. The lowest BCUT2D eigenvalue weighted by atomic mass is 10.1. The lowest BCUT2D eigenvalue weighted by Gasteiger charge is -2.07. The van der Waals surface area contributed by atoms with Crippen LogP contribution in [-0.2, 0) is 4.79 Å². The fourth-order valence-corrected chi connectivity index (χ4v) is 0.863. The van der Waals surface area contributed by atoms with Crippen LogP contribution in [0.1, 0.15) is 19.8 Å². The Morgan fingerprint density at radius 2 is 2.43 bits per heavy atom. The second-order valence-corrected chi connectivity index (χ2v) is 2.89. The molecule has 1 aromatic heterocycles. The second-order valence-electron chi connectivity index (χ2n) is 2.89. The standard InChI is InChI=1S/C8H13N5O/c1-2-6(9)5-7(14)12-8-10-3-4-11-13-8/h3-4,6H,2,5,9H2,1H3,(H,10,12,13,14). The van der Waals surface area contributed by atoms with E-state index in [1.165, 1.54) is 12.4 Å². The van der Waals surface area contributed by atoms with E-state index in [0.29, 0.717) is 0 Å². The van der Waals surface area contributed by atoms with Crippen LogP contribution in [0.25, 0.3) is 0 Å². The minimum atomic E-state index is -0.188. The Labute approximate surface area is 81.9 Å². The molecule has 3 N–H and O–H groups in total. The number of nitrogens with one attached hydrogen (secondary N) is 1. The van der Waals surface area contributed by atoms with E-state index in [2.05, 4.69) is 20.5 Å². The van der Waals surface area contributed by atoms with Gasteiger partial charge < -0.3 is 5.73 Å². The average Bonchev–Trinajstić information content (AvgIpc) is 2.19. The predicted octanol–water partition coefficient (Wildman–Crippen LogP) is -0.0625. The van der Waals surface area contributed by atoms with Crippen molar-refractivity contribution in [3.63, 3.8) is 0 Å². The molecular formula is C8H13N5O. The van der Waals surface area contributed by atoms with Gasteiger partial charge in [0.05, 0.1) is 12.4 Å². The fourth-order valence-electron chi connectivity index (χ4n) is 0.863. The maximum Gasteiger partial charge on any atom is 0.249 e. The highest BCUT2D eigenvalue weighted by Crippen LogP contribution is 1.98. The van der Waals surface area contributed by atoms with Gasteiger partial charge in [0, 0.05) is 12.5 Å². The summed E-state index contributed by atoms with van der Waals surface area (Å²) in [6.07, 6.45) is 3.94. The number of nitrogens with zero attached hydrogens (tertiary/aromatic N) is 3. The summed E-state index contributed by atoms with van der Waals surface area (Å²) < 4.78 is 0. The predicted molar refractivity (Wildman–Crippen MR) is 51.3 cm³/mol. The third-order valence-electron chi connectivity index (χ3n) is 1.71. The smallest absolute Gasteiger partial charge is 0.249 e. The Hall–Kier alpha value is -1.56. The Bertz CT molecular complexity index is 289. The maximum absolute atomic E-state index is 11.3. The van der Waals surface area contributed by atoms with E-state index in [-0.39, 0.29) is 24.3 Å². The molecule has 1 rings (SSSR count). The van der Waals surface area contributed by atoms with Crippen molar-refractivity contribution in [2.45, 2.75) is 25.8 Å². The van der Waals surface area contributed by atoms with Crippen LogP contribution < -0.4 is 11.1 Å². The Balaban J connectivity index is 2.42. The Morgan fingerprint density at radius 1 is 1.64 bits per heavy atom. The number of carbonyl (C=O) groups is 1. The zero-order chi connectivity index (χ0) is 10.4. The molecule has 14 heavy (non-hydrogen) atoms. The van der Waals surface area contributed by atoms with E-state index >= 15 is 0 Å². The molecule has 0 aliphatic heterocycles. The van der Waals surface area contributed by atoms with E-state index < -0.39 is 0 Å². The van der Waals surface area contributed by atoms with Crippen LogP contribution in [0, 0.1) is 0 Å². The maximum atomic E-state index is 11.3. The van der Waals surface area contributed by atoms with Gasteiger partial charge in [-0.3, -0.25) is 10.1 Å². The number of nitrogens with two attached hydrogens (primary N) is 1. The Kier molecular flexibility index (Phi) is 3.93. The topological polar surface area (TPSA) is 93.8 Å². The third-order valence-corrected chi connectivity index (χ3v) is 1.71. The summed E-state index contributed by atoms with van der Waals surface area (Å²) in [6, 6.07) is -0.119. The van der Waals surface area contributed by atoms with Gasteiger partial charge >= 0.3 is 0 Å². The monoisotopic (exact) mass is 195 g/mol. The van der Waals surface area contributed by atoms with E-state index in [9.17, 15) is 4.79 Å². The van der Waals surface area contributed by atoms with E-state index in [0.717, 1.165) is 6.42 Å². The molecule has 0 radical (unpaired) electrons. The van der Waals surface area contributed by atoms with Crippen LogP contribution >= 0.6 is 0 Å². The molecule has 0 aliphatic carbocycles. The van der Waals surface area contributed by atoms with Gasteiger partial charge in [0.2, 0.25) is 11.9 Å². The summed E-state index contributed by atoms with van der Waals surface area (Å²) in [5, 5.41) is 9.70. The van der Waals surface area contributed by atoms with Crippen molar-refractivity contribution in [1.29, 1.82) is 0 Å². The first-order valence-corrected chi connectivity index (χ1v) is 4.41. The van der Waals surface area contributed by atoms with Crippen molar-refractivity contribution in [3.8, 4) is 0 Å². The molecule has 1 heterocycles. The molecule has 1 atom stereocenters. The number of hydrogen-bond donors (Lipinski definition) is 2. The van der Waals surface area contributed by atoms with Gasteiger partial charge in [-0.05, 0) is 6.42 Å². The summed E-state index contributed by atoms with van der Waals surface area (Å²) >= 11 is 0. The molecule has 76 valence electrons. The van der Waals surface area contributed by atoms with Crippen LogP contribution in [-0.4, -0.2) is 27.1 Å². The van der Waals surface area contributed by atoms with Crippen LogP contribution in [0.2, 0.25) is 0 Å². The van der Waals surface area contributed by atoms with Crippen molar-refractivity contribution in [2.24, 2.45) is 5.73 Å². The van der Waals surface area contributed by atoms with Gasteiger partial charge in [0.25, 0.3) is 0 Å². The van der Waals surface area contributed by atoms with Crippen molar-refractivity contribution >= 4 is 11.9 Å². The molecular weight excluding hydrogens is 182 g/mol. The molecule has 6 heteroatoms. The Morgan fingerprint density at radius 3 is 3.00 bits per heavy atom. The zero-order valence-corrected chi connectivity index (χ0v) is 7.97. The van der Waals surface area contributed by atoms with Crippen molar-refractivity contribution in [3.05, 3.63) is 12.4 Å². The number of carbonyl (C=O) groups excluding carboxylic acids is 1. The van der Waals surface area contributed by atoms with Crippen LogP contribution in [0.15, 0.2) is 12.4 Å². The van der Waals surface area contributed by atoms with E-state index in [1.807, 2.05) is 6.92 Å². The highest BCUT2D eigenvalue weighted by atomic mass is 16.1. The minimum absolute atomic E-state index is 0.119. The zero-order valence-electron chi connectivity index (χ0n) is 7.97. The molecule has 6 nitrogen and oxygen atoms in total. The molecule has 0 saturated heterocycles. The van der Waals surface area contributed by atoms with E-state index in [4.69, 9.17) is 5.73 Å². The number of rotatable bonds is 4. The van der Waals surface area contributed by atoms with Gasteiger partial charge in [-0.25, -0.2) is 4.98 Å². The molecule has 0 saturated carbocycles. The third kappa shape index (κ3) is 3.44. The average molecular weight is 195 g/mol. The summed E-state index contributed by atoms with van der Waals surface area (Å²) in [6.45, 7) is 1.93. The molecule has 1 unspecified atom stereocenters. The lowest BCUT2D eigenvalue weighted by molar-refractivity contribution is -0.116. The summed E-state index contributed by atoms with van der Waals surface area (Å²) in [4.78, 5) is 15.1. The van der Waals surface area contributed by atoms with Crippen molar-refractivity contribution in [2.75, 3.05) is 5.32 Å². The highest BCUT2D eigenvalue weighted by molar-refractivity contribution is 5.89. The summed E-state index contributed by atoms with van der Waals surface area (Å²) in [7, 11) is 0. The van der Waals surface area contributed by atoms with Crippen molar-refractivity contribution in [1.82, 2.24) is 15.2 Å². The van der Waals surface area contributed by atoms with Crippen LogP contribution in [0.3, 0.4) is 0 Å². The number of aromatic nitrogens is 3. The van der Waals surface area contributed by atoms with Crippen LogP contribution in [0.4, 0.5) is 5.95 Å². The summed E-state index contributed by atoms with van der Waals surface area (Å²) in [5.74, 6) is 0.0214. The first-order valence-electron chi connectivity index (χ1n) is 4.41. The first-order chi connectivity index (χ1) is 6.72. The lowest BCUT2D eigenvalue weighted by Crippen LogP contribution is -2.26. The number of anilines is 1. The quantitative estimate of drug-likeness (QED) is 0.701. The molecule has 0 aliphatic rings. The normalized spacial score (nSPS) is 12.1. The minimum Gasteiger partial charge on any atom is -0.327 e. The van der Waals surface area contributed by atoms with Crippen molar-refractivity contribution < 1.29 is 4.79 Å². The van der Waals surface area contributed by atoms with Gasteiger partial charge in [0.15, 0.2) is 0 Å². The molecule has 0 aromatic carbocycles. The SMILES string of the molecule is CCC(N)CC(=O)Nc1nccnn1. The van der Waals surface area contributed by atoms with E-state index in [1.54, 1.807) is 0 Å². The number of hydrogen-bond acceptors (Lipinski definition) is 5. The highest BCUT2D eigenvalue weighted by Gasteiger charge is 2.08. The van der Waals surface area contributed by atoms with Gasteiger partial charge in [-0.15, -0.1) is 5.10 Å². The molecule has 0 fully saturated rings. The second kappa shape index (κ2) is 5.23. The van der Waals surface area contributed by atoms with Gasteiger partial charge in [-0.1, -0.05) is 6.92 Å². The molecule has 1 aromatic rings. The van der Waals surface area contributed by atoms with Gasteiger partial charge in [-0.2, -0.15) is 5.10 Å².